The Kier molecular flexibility index (Phi) is 4.48. The number of nitro groups is 1. The minimum absolute atomic E-state index is 0.0386. The van der Waals surface area contributed by atoms with Gasteiger partial charge in [-0.1, -0.05) is 60.7 Å². The van der Waals surface area contributed by atoms with Crippen molar-refractivity contribution in [3.05, 3.63) is 99.1 Å². The van der Waals surface area contributed by atoms with Crippen LogP contribution in [0.3, 0.4) is 0 Å². The predicted octanol–water partition coefficient (Wildman–Crippen LogP) is 3.40. The Labute approximate surface area is 144 Å². The van der Waals surface area contributed by atoms with Crippen LogP contribution in [0.2, 0.25) is 0 Å². The van der Waals surface area contributed by atoms with E-state index in [0.29, 0.717) is 16.9 Å². The van der Waals surface area contributed by atoms with E-state index in [1.165, 1.54) is 0 Å². The van der Waals surface area contributed by atoms with Gasteiger partial charge in [0.05, 0.1) is 16.6 Å². The summed E-state index contributed by atoms with van der Waals surface area (Å²) >= 11 is 0. The maximum atomic E-state index is 11.7. The summed E-state index contributed by atoms with van der Waals surface area (Å²) in [6.07, 6.45) is 0. The van der Waals surface area contributed by atoms with E-state index >= 15 is 0 Å². The van der Waals surface area contributed by atoms with Crippen LogP contribution in [0.1, 0.15) is 17.0 Å². The molecule has 0 aromatic heterocycles. The van der Waals surface area contributed by atoms with E-state index in [1.54, 1.807) is 43.4 Å². The van der Waals surface area contributed by atoms with Crippen LogP contribution in [0.5, 0.6) is 0 Å². The van der Waals surface area contributed by atoms with Gasteiger partial charge >= 0.3 is 5.70 Å². The van der Waals surface area contributed by atoms with Crippen LogP contribution in [0.15, 0.2) is 77.8 Å². The Bertz CT molecular complexity index is 897. The number of allylic oxidation sites excluding steroid dienone is 1. The predicted molar refractivity (Wildman–Crippen MR) is 92.3 cm³/mol. The zero-order chi connectivity index (χ0) is 17.8. The molecule has 25 heavy (non-hydrogen) atoms. The summed E-state index contributed by atoms with van der Waals surface area (Å²) in [5.41, 5.74) is 1.39. The molecule has 1 N–H and O–H groups in total. The van der Waals surface area contributed by atoms with Crippen molar-refractivity contribution in [1.29, 1.82) is 5.26 Å². The highest BCUT2D eigenvalue weighted by Gasteiger charge is 2.41. The first-order valence-electron chi connectivity index (χ1n) is 7.66. The molecule has 6 nitrogen and oxygen atoms in total. The number of nitriles is 1. The minimum atomic E-state index is -0.812. The molecule has 0 bridgehead atoms. The minimum Gasteiger partial charge on any atom is -0.434 e. The molecule has 2 aromatic carbocycles. The maximum absolute atomic E-state index is 11.7. The second-order valence-electron chi connectivity index (χ2n) is 5.39. The van der Waals surface area contributed by atoms with Crippen molar-refractivity contribution < 1.29 is 9.66 Å². The van der Waals surface area contributed by atoms with Gasteiger partial charge in [0.25, 0.3) is 5.88 Å². The van der Waals surface area contributed by atoms with Gasteiger partial charge in [0, 0.05) is 12.6 Å². The summed E-state index contributed by atoms with van der Waals surface area (Å²) in [6, 6.07) is 20.2. The van der Waals surface area contributed by atoms with Crippen molar-refractivity contribution in [2.75, 3.05) is 7.05 Å². The molecule has 0 aliphatic carbocycles. The van der Waals surface area contributed by atoms with Crippen LogP contribution >= 0.6 is 0 Å². The molecule has 0 spiro atoms. The van der Waals surface area contributed by atoms with Crippen molar-refractivity contribution in [2.24, 2.45) is 0 Å². The SMILES string of the molecule is CNC1=C([N+](=O)[O-])[C@H](c2ccccc2)C(C#N)=C(c2ccccc2)O1. The Hall–Kier alpha value is -3.59. The highest BCUT2D eigenvalue weighted by molar-refractivity contribution is 5.72. The summed E-state index contributed by atoms with van der Waals surface area (Å²) < 4.78 is 5.73. The van der Waals surface area contributed by atoms with Crippen LogP contribution < -0.4 is 5.32 Å². The lowest BCUT2D eigenvalue weighted by atomic mass is 9.85. The summed E-state index contributed by atoms with van der Waals surface area (Å²) in [5.74, 6) is -0.448. The standard InChI is InChI=1S/C19H15N3O3/c1-21-19-17(22(23)24)16(13-8-4-2-5-9-13)15(12-20)18(25-19)14-10-6-3-7-11-14/h2-11,16,21H,1H3/t16-/m1/s1. The molecule has 0 saturated heterocycles. The Morgan fingerprint density at radius 3 is 2.24 bits per heavy atom. The number of hydrogen-bond donors (Lipinski definition) is 1. The third kappa shape index (κ3) is 2.95. The van der Waals surface area contributed by atoms with E-state index in [2.05, 4.69) is 11.4 Å². The van der Waals surface area contributed by atoms with Crippen LogP contribution in [0.4, 0.5) is 0 Å². The van der Waals surface area contributed by atoms with Crippen molar-refractivity contribution >= 4 is 5.76 Å². The topological polar surface area (TPSA) is 88.2 Å². The number of benzene rings is 2. The lowest BCUT2D eigenvalue weighted by Crippen LogP contribution is -2.26. The van der Waals surface area contributed by atoms with E-state index < -0.39 is 10.8 Å². The highest BCUT2D eigenvalue weighted by Crippen LogP contribution is 2.42. The van der Waals surface area contributed by atoms with Gasteiger partial charge in [-0.05, 0) is 5.56 Å². The second-order valence-corrected chi connectivity index (χ2v) is 5.39. The number of nitrogens with zero attached hydrogens (tertiary/aromatic N) is 2. The van der Waals surface area contributed by atoms with Crippen LogP contribution in [0.25, 0.3) is 5.76 Å². The number of nitrogens with one attached hydrogen (secondary N) is 1. The molecule has 0 unspecified atom stereocenters. The largest absolute Gasteiger partial charge is 0.434 e. The zero-order valence-corrected chi connectivity index (χ0v) is 13.5. The maximum Gasteiger partial charge on any atom is 0.318 e. The Balaban J connectivity index is 2.27. The number of rotatable bonds is 4. The van der Waals surface area contributed by atoms with E-state index in [4.69, 9.17) is 4.74 Å². The lowest BCUT2D eigenvalue weighted by Gasteiger charge is -2.25. The fourth-order valence-electron chi connectivity index (χ4n) is 2.86. The molecule has 1 atom stereocenters. The van der Waals surface area contributed by atoms with Gasteiger partial charge in [0.1, 0.15) is 5.92 Å². The molecule has 1 heterocycles. The van der Waals surface area contributed by atoms with Crippen LogP contribution in [-0.4, -0.2) is 12.0 Å². The fourth-order valence-corrected chi connectivity index (χ4v) is 2.86. The molecule has 1 aliphatic rings. The average Bonchev–Trinajstić information content (AvgIpc) is 2.67. The highest BCUT2D eigenvalue weighted by atomic mass is 16.6. The molecule has 124 valence electrons. The summed E-state index contributed by atoms with van der Waals surface area (Å²) in [7, 11) is 1.56. The van der Waals surface area contributed by atoms with Crippen LogP contribution in [0, 0.1) is 21.4 Å². The molecular weight excluding hydrogens is 318 g/mol. The monoisotopic (exact) mass is 333 g/mol. The molecule has 2 aromatic rings. The molecule has 0 saturated carbocycles. The van der Waals surface area contributed by atoms with Gasteiger partial charge in [-0.15, -0.1) is 0 Å². The van der Waals surface area contributed by atoms with Gasteiger partial charge in [0.2, 0.25) is 0 Å². The number of ether oxygens (including phenoxy) is 1. The summed E-state index contributed by atoms with van der Waals surface area (Å²) in [4.78, 5) is 11.2. The zero-order valence-electron chi connectivity index (χ0n) is 13.5. The normalized spacial score (nSPS) is 16.9. The summed E-state index contributed by atoms with van der Waals surface area (Å²) in [5, 5.41) is 24.2. The van der Waals surface area contributed by atoms with Crippen molar-refractivity contribution in [3.8, 4) is 6.07 Å². The van der Waals surface area contributed by atoms with Gasteiger partial charge in [0.15, 0.2) is 5.76 Å². The van der Waals surface area contributed by atoms with Gasteiger partial charge in [-0.3, -0.25) is 10.1 Å². The average molecular weight is 333 g/mol. The molecular formula is C19H15N3O3. The van der Waals surface area contributed by atoms with E-state index in [-0.39, 0.29) is 17.2 Å². The third-order valence-electron chi connectivity index (χ3n) is 3.96. The fraction of sp³-hybridized carbons (Fsp3) is 0.105. The van der Waals surface area contributed by atoms with Crippen molar-refractivity contribution in [1.82, 2.24) is 5.32 Å². The molecule has 0 radical (unpaired) electrons. The summed E-state index contributed by atoms with van der Waals surface area (Å²) in [6.45, 7) is 0. The van der Waals surface area contributed by atoms with E-state index in [1.807, 2.05) is 24.3 Å². The first kappa shape index (κ1) is 16.3. The third-order valence-corrected chi connectivity index (χ3v) is 3.96. The Morgan fingerprint density at radius 1 is 1.12 bits per heavy atom. The molecule has 0 amide bonds. The molecule has 3 rings (SSSR count). The second kappa shape index (κ2) is 6.89. The van der Waals surface area contributed by atoms with Crippen molar-refractivity contribution in [3.63, 3.8) is 0 Å². The smallest absolute Gasteiger partial charge is 0.318 e. The van der Waals surface area contributed by atoms with Crippen LogP contribution in [-0.2, 0) is 4.74 Å². The van der Waals surface area contributed by atoms with Gasteiger partial charge in [-0.25, -0.2) is 0 Å². The molecule has 1 aliphatic heterocycles. The quantitative estimate of drug-likeness (QED) is 0.684. The van der Waals surface area contributed by atoms with Gasteiger partial charge < -0.3 is 10.1 Å². The lowest BCUT2D eigenvalue weighted by molar-refractivity contribution is -0.433. The number of hydrogen-bond acceptors (Lipinski definition) is 5. The molecule has 0 fully saturated rings. The molecule has 6 heteroatoms. The van der Waals surface area contributed by atoms with E-state index in [0.717, 1.165) is 0 Å². The Morgan fingerprint density at radius 2 is 1.72 bits per heavy atom. The first-order valence-corrected chi connectivity index (χ1v) is 7.66. The van der Waals surface area contributed by atoms with Gasteiger partial charge in [-0.2, -0.15) is 5.26 Å². The first-order chi connectivity index (χ1) is 12.2. The van der Waals surface area contributed by atoms with E-state index in [9.17, 15) is 15.4 Å². The van der Waals surface area contributed by atoms with Crippen molar-refractivity contribution in [2.45, 2.75) is 5.92 Å².